The van der Waals surface area contributed by atoms with E-state index in [0.29, 0.717) is 19.4 Å². The quantitative estimate of drug-likeness (QED) is 0.404. The van der Waals surface area contributed by atoms with E-state index in [1.807, 2.05) is 6.92 Å². The summed E-state index contributed by atoms with van der Waals surface area (Å²) in [6, 6.07) is 3.89. The minimum absolute atomic E-state index is 0.0166. The van der Waals surface area contributed by atoms with Crippen molar-refractivity contribution in [3.8, 4) is 0 Å². The van der Waals surface area contributed by atoms with Crippen molar-refractivity contribution in [2.24, 2.45) is 0 Å². The van der Waals surface area contributed by atoms with Crippen molar-refractivity contribution in [2.75, 3.05) is 12.3 Å². The van der Waals surface area contributed by atoms with Crippen LogP contribution in [0.25, 0.3) is 0 Å². The normalized spacial score (nSPS) is 11.9. The first-order valence-electron chi connectivity index (χ1n) is 5.95. The highest BCUT2D eigenvalue weighted by atomic mass is 16.6. The summed E-state index contributed by atoms with van der Waals surface area (Å²) in [7, 11) is 0. The lowest BCUT2D eigenvalue weighted by molar-refractivity contribution is -0.383. The molecule has 1 rings (SSSR count). The van der Waals surface area contributed by atoms with Crippen molar-refractivity contribution in [1.29, 1.82) is 0 Å². The summed E-state index contributed by atoms with van der Waals surface area (Å²) < 4.78 is 0. The number of nitro groups is 1. The highest BCUT2D eigenvalue weighted by Crippen LogP contribution is 2.22. The molecule has 0 saturated carbocycles. The monoisotopic (exact) mass is 267 g/mol. The second-order valence-electron chi connectivity index (χ2n) is 4.14. The fraction of sp³-hybridized carbons (Fsp3) is 0.417. The summed E-state index contributed by atoms with van der Waals surface area (Å²) in [5, 5.41) is 22.6. The van der Waals surface area contributed by atoms with Crippen LogP contribution in [-0.4, -0.2) is 28.6 Å². The highest BCUT2D eigenvalue weighted by Gasteiger charge is 2.15. The Morgan fingerprint density at radius 3 is 2.84 bits per heavy atom. The van der Waals surface area contributed by atoms with Gasteiger partial charge in [0.15, 0.2) is 0 Å². The largest absolute Gasteiger partial charge is 0.393 e. The molecule has 0 spiro atoms. The molecule has 7 nitrogen and oxygen atoms in total. The third-order valence-electron chi connectivity index (χ3n) is 2.72. The number of nitrogens with two attached hydrogens (primary N) is 1. The van der Waals surface area contributed by atoms with Crippen LogP contribution >= 0.6 is 0 Å². The lowest BCUT2D eigenvalue weighted by atomic mass is 10.1. The van der Waals surface area contributed by atoms with Crippen LogP contribution in [0, 0.1) is 10.1 Å². The van der Waals surface area contributed by atoms with Crippen molar-refractivity contribution < 1.29 is 14.8 Å². The van der Waals surface area contributed by atoms with Gasteiger partial charge in [0.1, 0.15) is 5.69 Å². The molecular weight excluding hydrogens is 250 g/mol. The smallest absolute Gasteiger partial charge is 0.292 e. The molecule has 0 fully saturated rings. The number of carbonyl (C=O) groups excluding carboxylic acids is 1. The van der Waals surface area contributed by atoms with E-state index in [2.05, 4.69) is 5.32 Å². The average Bonchev–Trinajstić information content (AvgIpc) is 2.38. The first-order chi connectivity index (χ1) is 8.95. The van der Waals surface area contributed by atoms with Gasteiger partial charge in [-0.05, 0) is 25.0 Å². The van der Waals surface area contributed by atoms with E-state index in [4.69, 9.17) is 5.73 Å². The van der Waals surface area contributed by atoms with Crippen molar-refractivity contribution in [1.82, 2.24) is 5.32 Å². The number of hydrogen-bond donors (Lipinski definition) is 3. The zero-order valence-electron chi connectivity index (χ0n) is 10.6. The fourth-order valence-electron chi connectivity index (χ4n) is 1.50. The number of nitro benzene ring substituents is 1. The van der Waals surface area contributed by atoms with Crippen molar-refractivity contribution >= 4 is 17.3 Å². The molecule has 19 heavy (non-hydrogen) atoms. The van der Waals surface area contributed by atoms with E-state index in [1.54, 1.807) is 0 Å². The number of benzene rings is 1. The van der Waals surface area contributed by atoms with Gasteiger partial charge in [-0.15, -0.1) is 0 Å². The molecule has 0 radical (unpaired) electrons. The number of nitrogens with zero attached hydrogens (tertiary/aromatic N) is 1. The molecule has 0 bridgehead atoms. The summed E-state index contributed by atoms with van der Waals surface area (Å²) in [6.45, 7) is 2.15. The summed E-state index contributed by atoms with van der Waals surface area (Å²) in [5.41, 5.74) is 5.34. The zero-order chi connectivity index (χ0) is 14.4. The van der Waals surface area contributed by atoms with Crippen LogP contribution < -0.4 is 11.1 Å². The molecule has 1 amide bonds. The first-order valence-corrected chi connectivity index (χ1v) is 5.95. The van der Waals surface area contributed by atoms with Gasteiger partial charge in [-0.2, -0.15) is 0 Å². The average molecular weight is 267 g/mol. The van der Waals surface area contributed by atoms with Crippen molar-refractivity contribution in [2.45, 2.75) is 25.9 Å². The molecule has 0 aliphatic rings. The van der Waals surface area contributed by atoms with Crippen LogP contribution in [-0.2, 0) is 0 Å². The lowest BCUT2D eigenvalue weighted by Gasteiger charge is -2.09. The molecule has 0 heterocycles. The molecule has 0 saturated heterocycles. The maximum atomic E-state index is 11.7. The van der Waals surface area contributed by atoms with E-state index in [0.717, 1.165) is 6.07 Å². The van der Waals surface area contributed by atoms with Gasteiger partial charge in [0.05, 0.1) is 11.0 Å². The van der Waals surface area contributed by atoms with Gasteiger partial charge in [0, 0.05) is 18.2 Å². The van der Waals surface area contributed by atoms with Gasteiger partial charge in [0.2, 0.25) is 0 Å². The Bertz CT molecular complexity index is 476. The standard InChI is InChI=1S/C12H17N3O4/c1-2-9(16)5-6-14-12(17)8-3-4-10(13)11(7-8)15(18)19/h3-4,7,9,16H,2,5-6,13H2,1H3,(H,14,17). The third kappa shape index (κ3) is 4.22. The molecule has 0 aliphatic carbocycles. The van der Waals surface area contributed by atoms with E-state index in [9.17, 15) is 20.0 Å². The maximum absolute atomic E-state index is 11.7. The number of amides is 1. The van der Waals surface area contributed by atoms with Gasteiger partial charge < -0.3 is 16.2 Å². The predicted octanol–water partition coefficient (Wildman–Crippen LogP) is 1.07. The Kier molecular flexibility index (Phi) is 5.25. The second-order valence-corrected chi connectivity index (χ2v) is 4.14. The molecular formula is C12H17N3O4. The highest BCUT2D eigenvalue weighted by molar-refractivity contribution is 5.95. The fourth-order valence-corrected chi connectivity index (χ4v) is 1.50. The predicted molar refractivity (Wildman–Crippen MR) is 70.8 cm³/mol. The van der Waals surface area contributed by atoms with Crippen molar-refractivity contribution in [3.63, 3.8) is 0 Å². The molecule has 1 aromatic rings. The third-order valence-corrected chi connectivity index (χ3v) is 2.72. The summed E-state index contributed by atoms with van der Waals surface area (Å²) in [4.78, 5) is 21.8. The van der Waals surface area contributed by atoms with E-state index in [1.165, 1.54) is 12.1 Å². The number of nitrogen functional groups attached to an aromatic ring is 1. The summed E-state index contributed by atoms with van der Waals surface area (Å²) in [5.74, 6) is -0.425. The molecule has 0 aromatic heterocycles. The Morgan fingerprint density at radius 2 is 2.26 bits per heavy atom. The number of rotatable bonds is 6. The van der Waals surface area contributed by atoms with Gasteiger partial charge in [-0.1, -0.05) is 6.92 Å². The number of anilines is 1. The lowest BCUT2D eigenvalue weighted by Crippen LogP contribution is -2.27. The number of aliphatic hydroxyl groups excluding tert-OH is 1. The first kappa shape index (κ1) is 14.9. The molecule has 7 heteroatoms. The molecule has 1 aromatic carbocycles. The van der Waals surface area contributed by atoms with Gasteiger partial charge in [-0.25, -0.2) is 0 Å². The van der Waals surface area contributed by atoms with Crippen LogP contribution in [0.15, 0.2) is 18.2 Å². The number of nitrogens with one attached hydrogen (secondary N) is 1. The Labute approximate surface area is 110 Å². The number of carbonyl (C=O) groups is 1. The zero-order valence-corrected chi connectivity index (χ0v) is 10.6. The van der Waals surface area contributed by atoms with Crippen LogP contribution in [0.3, 0.4) is 0 Å². The van der Waals surface area contributed by atoms with Gasteiger partial charge in [0.25, 0.3) is 11.6 Å². The van der Waals surface area contributed by atoms with Crippen LogP contribution in [0.4, 0.5) is 11.4 Å². The topological polar surface area (TPSA) is 118 Å². The number of aliphatic hydroxyl groups is 1. The second kappa shape index (κ2) is 6.69. The van der Waals surface area contributed by atoms with Crippen molar-refractivity contribution in [3.05, 3.63) is 33.9 Å². The maximum Gasteiger partial charge on any atom is 0.292 e. The Hall–Kier alpha value is -2.15. The van der Waals surface area contributed by atoms with Gasteiger partial charge in [-0.3, -0.25) is 14.9 Å². The Balaban J connectivity index is 2.67. The van der Waals surface area contributed by atoms with E-state index >= 15 is 0 Å². The minimum atomic E-state index is -0.632. The van der Waals surface area contributed by atoms with Gasteiger partial charge >= 0.3 is 0 Å². The number of hydrogen-bond acceptors (Lipinski definition) is 5. The summed E-state index contributed by atoms with van der Waals surface area (Å²) in [6.07, 6.45) is 0.601. The SMILES string of the molecule is CCC(O)CCNC(=O)c1ccc(N)c([N+](=O)[O-])c1. The molecule has 104 valence electrons. The van der Waals surface area contributed by atoms with Crippen LogP contribution in [0.1, 0.15) is 30.1 Å². The summed E-state index contributed by atoms with van der Waals surface area (Å²) >= 11 is 0. The minimum Gasteiger partial charge on any atom is -0.393 e. The molecule has 0 aliphatic heterocycles. The Morgan fingerprint density at radius 1 is 1.58 bits per heavy atom. The molecule has 1 unspecified atom stereocenters. The van der Waals surface area contributed by atoms with E-state index in [-0.39, 0.29) is 16.9 Å². The van der Waals surface area contributed by atoms with E-state index < -0.39 is 16.9 Å². The van der Waals surface area contributed by atoms with Crippen LogP contribution in [0.5, 0.6) is 0 Å². The molecule has 1 atom stereocenters. The van der Waals surface area contributed by atoms with Crippen LogP contribution in [0.2, 0.25) is 0 Å². The molecule has 4 N–H and O–H groups in total.